The van der Waals surface area contributed by atoms with Crippen molar-refractivity contribution in [1.82, 2.24) is 4.98 Å². The fourth-order valence-corrected chi connectivity index (χ4v) is 2.83. The second-order valence-electron chi connectivity index (χ2n) is 5.67. The molecule has 3 rings (SSSR count). The third-order valence-electron chi connectivity index (χ3n) is 3.53. The molecule has 1 aromatic heterocycles. The molecular formula is C19H15FN2O4S. The minimum absolute atomic E-state index is 0.115. The third kappa shape index (κ3) is 4.89. The van der Waals surface area contributed by atoms with Gasteiger partial charge in [0.25, 0.3) is 5.91 Å². The number of ether oxygens (including phenoxy) is 1. The molecule has 0 saturated carbocycles. The lowest BCUT2D eigenvalue weighted by Crippen LogP contribution is -2.13. The summed E-state index contributed by atoms with van der Waals surface area (Å²) in [6, 6.07) is 15.9. The van der Waals surface area contributed by atoms with E-state index in [4.69, 9.17) is 4.74 Å². The van der Waals surface area contributed by atoms with Gasteiger partial charge in [-0.2, -0.15) is 0 Å². The van der Waals surface area contributed by atoms with E-state index in [1.807, 2.05) is 0 Å². The van der Waals surface area contributed by atoms with Gasteiger partial charge in [0.2, 0.25) is 5.88 Å². The molecule has 1 N–H and O–H groups in total. The molecule has 0 bridgehead atoms. The predicted molar refractivity (Wildman–Crippen MR) is 98.2 cm³/mol. The number of nitrogens with one attached hydrogen (secondary N) is 1. The quantitative estimate of drug-likeness (QED) is 0.723. The van der Waals surface area contributed by atoms with E-state index in [2.05, 4.69) is 10.3 Å². The summed E-state index contributed by atoms with van der Waals surface area (Å²) in [6.45, 7) is 0. The first kappa shape index (κ1) is 18.5. The Hall–Kier alpha value is -3.26. The minimum atomic E-state index is -3.29. The molecule has 0 saturated heterocycles. The highest BCUT2D eigenvalue weighted by molar-refractivity contribution is 7.90. The Bertz CT molecular complexity index is 1070. The Morgan fingerprint density at radius 3 is 2.30 bits per heavy atom. The molecule has 0 fully saturated rings. The molecule has 0 radical (unpaired) electrons. The molecular weight excluding hydrogens is 371 g/mol. The number of carbonyl (C=O) groups is 1. The van der Waals surface area contributed by atoms with Gasteiger partial charge in [-0.25, -0.2) is 17.8 Å². The van der Waals surface area contributed by atoms with Gasteiger partial charge in [-0.05, 0) is 54.6 Å². The van der Waals surface area contributed by atoms with E-state index < -0.39 is 21.6 Å². The van der Waals surface area contributed by atoms with Gasteiger partial charge in [0.15, 0.2) is 9.84 Å². The lowest BCUT2D eigenvalue weighted by molar-refractivity contribution is 0.102. The van der Waals surface area contributed by atoms with Gasteiger partial charge in [0.05, 0.1) is 4.90 Å². The Labute approximate surface area is 155 Å². The van der Waals surface area contributed by atoms with Crippen LogP contribution in [0, 0.1) is 5.82 Å². The van der Waals surface area contributed by atoms with Crippen molar-refractivity contribution in [1.29, 1.82) is 0 Å². The standard InChI is InChI=1S/C19H15FN2O4S/c1-27(24,25)16-11-9-15(10-12-16)26-18-4-2-3-17(22-18)19(23)21-14-7-5-13(20)6-8-14/h2-12H,1H3,(H,21,23). The molecule has 27 heavy (non-hydrogen) atoms. The number of rotatable bonds is 5. The summed E-state index contributed by atoms with van der Waals surface area (Å²) in [7, 11) is -3.29. The zero-order valence-electron chi connectivity index (χ0n) is 14.2. The average Bonchev–Trinajstić information content (AvgIpc) is 2.63. The lowest BCUT2D eigenvalue weighted by atomic mass is 10.3. The van der Waals surface area contributed by atoms with Crippen molar-refractivity contribution >= 4 is 21.4 Å². The van der Waals surface area contributed by atoms with Crippen LogP contribution in [0.5, 0.6) is 11.6 Å². The Balaban J connectivity index is 1.73. The van der Waals surface area contributed by atoms with Crippen LogP contribution in [0.2, 0.25) is 0 Å². The first-order valence-corrected chi connectivity index (χ1v) is 9.72. The summed E-state index contributed by atoms with van der Waals surface area (Å²) in [5, 5.41) is 2.61. The smallest absolute Gasteiger partial charge is 0.274 e. The van der Waals surface area contributed by atoms with Crippen LogP contribution >= 0.6 is 0 Å². The summed E-state index contributed by atoms with van der Waals surface area (Å²) in [4.78, 5) is 16.6. The van der Waals surface area contributed by atoms with Crippen LogP contribution in [-0.2, 0) is 9.84 Å². The SMILES string of the molecule is CS(=O)(=O)c1ccc(Oc2cccc(C(=O)Nc3ccc(F)cc3)n2)cc1. The third-order valence-corrected chi connectivity index (χ3v) is 4.66. The lowest BCUT2D eigenvalue weighted by Gasteiger charge is -2.08. The number of hydrogen-bond acceptors (Lipinski definition) is 5. The molecule has 6 nitrogen and oxygen atoms in total. The number of benzene rings is 2. The fraction of sp³-hybridized carbons (Fsp3) is 0.0526. The van der Waals surface area contributed by atoms with Crippen LogP contribution in [0.25, 0.3) is 0 Å². The zero-order chi connectivity index (χ0) is 19.4. The molecule has 0 aliphatic carbocycles. The number of pyridine rings is 1. The zero-order valence-corrected chi connectivity index (χ0v) is 15.0. The molecule has 0 unspecified atom stereocenters. The molecule has 138 valence electrons. The summed E-state index contributed by atoms with van der Waals surface area (Å²) < 4.78 is 41.4. The molecule has 0 aliphatic rings. The van der Waals surface area contributed by atoms with Gasteiger partial charge in [0.1, 0.15) is 17.3 Å². The van der Waals surface area contributed by atoms with Crippen molar-refractivity contribution in [2.24, 2.45) is 0 Å². The second-order valence-corrected chi connectivity index (χ2v) is 7.68. The highest BCUT2D eigenvalue weighted by atomic mass is 32.2. The second kappa shape index (κ2) is 7.55. The van der Waals surface area contributed by atoms with E-state index in [1.54, 1.807) is 12.1 Å². The van der Waals surface area contributed by atoms with E-state index >= 15 is 0 Å². The van der Waals surface area contributed by atoms with Crippen molar-refractivity contribution in [3.05, 3.63) is 78.2 Å². The van der Waals surface area contributed by atoms with Crippen LogP contribution in [-0.4, -0.2) is 25.6 Å². The van der Waals surface area contributed by atoms with Gasteiger partial charge in [-0.3, -0.25) is 4.79 Å². The first-order valence-electron chi connectivity index (χ1n) is 7.83. The fourth-order valence-electron chi connectivity index (χ4n) is 2.20. The molecule has 3 aromatic rings. The Kier molecular flexibility index (Phi) is 5.18. The van der Waals surface area contributed by atoms with Crippen molar-refractivity contribution in [3.8, 4) is 11.6 Å². The number of carbonyl (C=O) groups excluding carboxylic acids is 1. The van der Waals surface area contributed by atoms with Crippen molar-refractivity contribution in [2.75, 3.05) is 11.6 Å². The van der Waals surface area contributed by atoms with Crippen LogP contribution < -0.4 is 10.1 Å². The van der Waals surface area contributed by atoms with Crippen LogP contribution in [0.1, 0.15) is 10.5 Å². The maximum Gasteiger partial charge on any atom is 0.274 e. The van der Waals surface area contributed by atoms with E-state index in [-0.39, 0.29) is 16.5 Å². The van der Waals surface area contributed by atoms with E-state index in [0.717, 1.165) is 6.26 Å². The van der Waals surface area contributed by atoms with Crippen molar-refractivity contribution < 1.29 is 22.3 Å². The number of aromatic nitrogens is 1. The van der Waals surface area contributed by atoms with Crippen molar-refractivity contribution in [2.45, 2.75) is 4.90 Å². The maximum atomic E-state index is 12.9. The Morgan fingerprint density at radius 2 is 1.67 bits per heavy atom. The number of sulfone groups is 1. The summed E-state index contributed by atoms with van der Waals surface area (Å²) in [6.07, 6.45) is 1.12. The highest BCUT2D eigenvalue weighted by Crippen LogP contribution is 2.22. The van der Waals surface area contributed by atoms with Crippen LogP contribution in [0.4, 0.5) is 10.1 Å². The van der Waals surface area contributed by atoms with E-state index in [1.165, 1.54) is 54.6 Å². The maximum absolute atomic E-state index is 12.9. The van der Waals surface area contributed by atoms with Gasteiger partial charge in [-0.1, -0.05) is 6.07 Å². The molecule has 1 amide bonds. The largest absolute Gasteiger partial charge is 0.439 e. The molecule has 2 aromatic carbocycles. The molecule has 0 aliphatic heterocycles. The first-order chi connectivity index (χ1) is 12.8. The van der Waals surface area contributed by atoms with Gasteiger partial charge >= 0.3 is 0 Å². The number of nitrogens with zero attached hydrogens (tertiary/aromatic N) is 1. The predicted octanol–water partition coefficient (Wildman–Crippen LogP) is 3.67. The molecule has 0 spiro atoms. The van der Waals surface area contributed by atoms with E-state index in [9.17, 15) is 17.6 Å². The van der Waals surface area contributed by atoms with Gasteiger partial charge < -0.3 is 10.1 Å². The summed E-state index contributed by atoms with van der Waals surface area (Å²) >= 11 is 0. The molecule has 0 atom stereocenters. The van der Waals surface area contributed by atoms with E-state index in [0.29, 0.717) is 11.4 Å². The minimum Gasteiger partial charge on any atom is -0.439 e. The number of hydrogen-bond donors (Lipinski definition) is 1. The van der Waals surface area contributed by atoms with Crippen LogP contribution in [0.15, 0.2) is 71.6 Å². The number of anilines is 1. The normalized spacial score (nSPS) is 11.0. The van der Waals surface area contributed by atoms with Gasteiger partial charge in [-0.15, -0.1) is 0 Å². The summed E-state index contributed by atoms with van der Waals surface area (Å²) in [5.74, 6) is -0.317. The van der Waals surface area contributed by atoms with Gasteiger partial charge in [0, 0.05) is 18.0 Å². The average molecular weight is 386 g/mol. The summed E-state index contributed by atoms with van der Waals surface area (Å²) in [5.41, 5.74) is 0.551. The Morgan fingerprint density at radius 1 is 1.00 bits per heavy atom. The molecule has 1 heterocycles. The van der Waals surface area contributed by atoms with Crippen LogP contribution in [0.3, 0.4) is 0 Å². The topological polar surface area (TPSA) is 85.4 Å². The number of amides is 1. The van der Waals surface area contributed by atoms with Crippen molar-refractivity contribution in [3.63, 3.8) is 0 Å². The molecule has 8 heteroatoms. The highest BCUT2D eigenvalue weighted by Gasteiger charge is 2.11. The number of halogens is 1. The monoisotopic (exact) mass is 386 g/mol.